The number of methoxy groups -OCH3 is 1. The molecule has 2 aromatic carbocycles. The van der Waals surface area contributed by atoms with E-state index in [-0.39, 0.29) is 18.4 Å². The minimum Gasteiger partial charge on any atom is -0.467 e. The van der Waals surface area contributed by atoms with Crippen molar-refractivity contribution in [2.45, 2.75) is 31.8 Å². The third kappa shape index (κ3) is 6.98. The van der Waals surface area contributed by atoms with Gasteiger partial charge in [-0.1, -0.05) is 46.3 Å². The van der Waals surface area contributed by atoms with Crippen molar-refractivity contribution in [1.29, 1.82) is 0 Å². The van der Waals surface area contributed by atoms with Gasteiger partial charge in [0, 0.05) is 24.2 Å². The Bertz CT molecular complexity index is 890. The highest BCUT2D eigenvalue weighted by Gasteiger charge is 2.27. The van der Waals surface area contributed by atoms with E-state index in [0.29, 0.717) is 0 Å². The number of hydrogen-bond acceptors (Lipinski definition) is 4. The largest absolute Gasteiger partial charge is 0.467 e. The lowest BCUT2D eigenvalue weighted by molar-refractivity contribution is -0.145. The van der Waals surface area contributed by atoms with E-state index >= 15 is 0 Å². The molecule has 0 fully saturated rings. The van der Waals surface area contributed by atoms with E-state index in [4.69, 9.17) is 4.74 Å². The van der Waals surface area contributed by atoms with Crippen LogP contribution < -0.4 is 10.6 Å². The Balaban J connectivity index is 2.19. The van der Waals surface area contributed by atoms with Crippen molar-refractivity contribution >= 4 is 33.7 Å². The van der Waals surface area contributed by atoms with E-state index in [2.05, 4.69) is 26.6 Å². The van der Waals surface area contributed by atoms with Crippen LogP contribution >= 0.6 is 15.9 Å². The van der Waals surface area contributed by atoms with Crippen LogP contribution in [-0.4, -0.2) is 37.0 Å². The molecule has 154 valence electrons. The van der Waals surface area contributed by atoms with Gasteiger partial charge in [0.1, 0.15) is 17.9 Å². The lowest BCUT2D eigenvalue weighted by Gasteiger charge is -2.22. The van der Waals surface area contributed by atoms with Crippen molar-refractivity contribution in [3.8, 4) is 0 Å². The molecule has 0 saturated carbocycles. The topological polar surface area (TPSA) is 84.5 Å². The number of hydrogen-bond donors (Lipinski definition) is 2. The molecule has 29 heavy (non-hydrogen) atoms. The molecular weight excluding hydrogens is 443 g/mol. The molecular formula is C21H22BrFN2O4. The summed E-state index contributed by atoms with van der Waals surface area (Å²) in [7, 11) is 1.23. The van der Waals surface area contributed by atoms with Gasteiger partial charge < -0.3 is 15.4 Å². The first-order valence-corrected chi connectivity index (χ1v) is 9.72. The number of esters is 1. The lowest BCUT2D eigenvalue weighted by atomic mass is 10.0. The molecule has 0 saturated heterocycles. The zero-order valence-electron chi connectivity index (χ0n) is 16.1. The van der Waals surface area contributed by atoms with E-state index in [0.717, 1.165) is 10.0 Å². The van der Waals surface area contributed by atoms with Crippen LogP contribution in [0.4, 0.5) is 4.39 Å². The van der Waals surface area contributed by atoms with E-state index in [1.165, 1.54) is 32.2 Å². The second kappa shape index (κ2) is 10.7. The van der Waals surface area contributed by atoms with Gasteiger partial charge in [-0.3, -0.25) is 9.59 Å². The van der Waals surface area contributed by atoms with Crippen LogP contribution in [0.3, 0.4) is 0 Å². The third-order valence-electron chi connectivity index (χ3n) is 4.21. The van der Waals surface area contributed by atoms with E-state index in [1.807, 2.05) is 24.3 Å². The number of rotatable bonds is 8. The molecule has 0 heterocycles. The minimum atomic E-state index is -1.04. The van der Waals surface area contributed by atoms with Gasteiger partial charge in [0.15, 0.2) is 0 Å². The SMILES string of the molecule is COC(=O)[C@@H](Cc1cccc(Br)c1)NC(=O)[C@H](Cc1ccccc1F)NC(C)=O. The van der Waals surface area contributed by atoms with Gasteiger partial charge in [-0.05, 0) is 29.3 Å². The molecule has 2 amide bonds. The summed E-state index contributed by atoms with van der Waals surface area (Å²) in [5, 5.41) is 5.13. The molecule has 0 radical (unpaired) electrons. The molecule has 0 aromatic heterocycles. The highest BCUT2D eigenvalue weighted by Crippen LogP contribution is 2.14. The maximum Gasteiger partial charge on any atom is 0.328 e. The van der Waals surface area contributed by atoms with Crippen molar-refractivity contribution in [2.24, 2.45) is 0 Å². The quantitative estimate of drug-likeness (QED) is 0.587. The summed E-state index contributed by atoms with van der Waals surface area (Å²) in [6.07, 6.45) is 0.146. The number of amides is 2. The predicted molar refractivity (Wildman–Crippen MR) is 110 cm³/mol. The Morgan fingerprint density at radius 3 is 2.38 bits per heavy atom. The predicted octanol–water partition coefficient (Wildman–Crippen LogP) is 2.54. The second-order valence-electron chi connectivity index (χ2n) is 6.47. The number of ether oxygens (including phenoxy) is 1. The zero-order chi connectivity index (χ0) is 21.4. The Morgan fingerprint density at radius 2 is 1.76 bits per heavy atom. The Kier molecular flexibility index (Phi) is 8.33. The van der Waals surface area contributed by atoms with E-state index in [1.54, 1.807) is 6.07 Å². The molecule has 0 aliphatic rings. The Morgan fingerprint density at radius 1 is 1.03 bits per heavy atom. The number of halogens is 2. The maximum absolute atomic E-state index is 14.0. The van der Waals surface area contributed by atoms with Crippen molar-refractivity contribution < 1.29 is 23.5 Å². The molecule has 2 aromatic rings. The van der Waals surface area contributed by atoms with Crippen molar-refractivity contribution in [1.82, 2.24) is 10.6 Å². The van der Waals surface area contributed by atoms with Crippen molar-refractivity contribution in [2.75, 3.05) is 7.11 Å². The van der Waals surface area contributed by atoms with Crippen LogP contribution in [0.1, 0.15) is 18.1 Å². The summed E-state index contributed by atoms with van der Waals surface area (Å²) in [5.74, 6) is -2.14. The molecule has 0 bridgehead atoms. The van der Waals surface area contributed by atoms with Crippen LogP contribution in [0.25, 0.3) is 0 Å². The number of carbonyl (C=O) groups excluding carboxylic acids is 3. The fourth-order valence-corrected chi connectivity index (χ4v) is 3.29. The van der Waals surface area contributed by atoms with Crippen molar-refractivity contribution in [3.05, 3.63) is 69.9 Å². The highest BCUT2D eigenvalue weighted by molar-refractivity contribution is 9.10. The average molecular weight is 465 g/mol. The first kappa shape index (κ1) is 22.5. The third-order valence-corrected chi connectivity index (χ3v) is 4.70. The first-order valence-electron chi connectivity index (χ1n) is 8.93. The van der Waals surface area contributed by atoms with Crippen LogP contribution in [0.2, 0.25) is 0 Å². The molecule has 8 heteroatoms. The number of nitrogens with one attached hydrogen (secondary N) is 2. The zero-order valence-corrected chi connectivity index (χ0v) is 17.7. The Hall–Kier alpha value is -2.74. The maximum atomic E-state index is 14.0. The summed E-state index contributed by atoms with van der Waals surface area (Å²) >= 11 is 3.36. The summed E-state index contributed by atoms with van der Waals surface area (Å²) in [6, 6.07) is 11.3. The normalized spacial score (nSPS) is 12.6. The second-order valence-corrected chi connectivity index (χ2v) is 7.38. The molecule has 0 unspecified atom stereocenters. The molecule has 2 rings (SSSR count). The van der Waals surface area contributed by atoms with Gasteiger partial charge >= 0.3 is 5.97 Å². The van der Waals surface area contributed by atoms with Crippen LogP contribution in [-0.2, 0) is 32.0 Å². The van der Waals surface area contributed by atoms with Crippen molar-refractivity contribution in [3.63, 3.8) is 0 Å². The monoisotopic (exact) mass is 464 g/mol. The van der Waals surface area contributed by atoms with E-state index < -0.39 is 35.7 Å². The minimum absolute atomic E-state index is 0.0527. The summed E-state index contributed by atoms with van der Waals surface area (Å²) in [5.41, 5.74) is 1.09. The summed E-state index contributed by atoms with van der Waals surface area (Å²) in [6.45, 7) is 1.26. The standard InChI is InChI=1S/C21H22BrFN2O4/c1-13(26)24-18(12-15-7-3-4-9-17(15)23)20(27)25-19(21(28)29-2)11-14-6-5-8-16(22)10-14/h3-10,18-19H,11-12H2,1-2H3,(H,24,26)(H,25,27)/t18-,19+/m0/s1. The number of carbonyl (C=O) groups is 3. The molecule has 0 aliphatic heterocycles. The number of benzene rings is 2. The fourth-order valence-electron chi connectivity index (χ4n) is 2.85. The fraction of sp³-hybridized carbons (Fsp3) is 0.286. The van der Waals surface area contributed by atoms with Gasteiger partial charge in [-0.15, -0.1) is 0 Å². The van der Waals surface area contributed by atoms with Gasteiger partial charge in [0.2, 0.25) is 11.8 Å². The smallest absolute Gasteiger partial charge is 0.328 e. The molecule has 6 nitrogen and oxygen atoms in total. The molecule has 0 aliphatic carbocycles. The molecule has 0 spiro atoms. The molecule has 2 N–H and O–H groups in total. The lowest BCUT2D eigenvalue weighted by Crippen LogP contribution is -2.53. The first-order chi connectivity index (χ1) is 13.8. The van der Waals surface area contributed by atoms with Gasteiger partial charge in [0.05, 0.1) is 7.11 Å². The molecule has 2 atom stereocenters. The summed E-state index contributed by atoms with van der Waals surface area (Å²) in [4.78, 5) is 36.6. The van der Waals surface area contributed by atoms with Gasteiger partial charge in [0.25, 0.3) is 0 Å². The van der Waals surface area contributed by atoms with Crippen LogP contribution in [0, 0.1) is 5.82 Å². The van der Waals surface area contributed by atoms with Gasteiger partial charge in [-0.25, -0.2) is 9.18 Å². The summed E-state index contributed by atoms with van der Waals surface area (Å²) < 4.78 is 19.6. The van der Waals surface area contributed by atoms with Crippen LogP contribution in [0.15, 0.2) is 53.0 Å². The van der Waals surface area contributed by atoms with E-state index in [9.17, 15) is 18.8 Å². The highest BCUT2D eigenvalue weighted by atomic mass is 79.9. The van der Waals surface area contributed by atoms with Gasteiger partial charge in [-0.2, -0.15) is 0 Å². The Labute approximate surface area is 177 Å². The van der Waals surface area contributed by atoms with Crippen LogP contribution in [0.5, 0.6) is 0 Å². The average Bonchev–Trinajstić information content (AvgIpc) is 2.67.